The van der Waals surface area contributed by atoms with E-state index in [0.29, 0.717) is 57.7 Å². The summed E-state index contributed by atoms with van der Waals surface area (Å²) in [5.74, 6) is 0.411. The van der Waals surface area contributed by atoms with Crippen molar-refractivity contribution in [2.24, 2.45) is 5.73 Å². The monoisotopic (exact) mass is 655 g/mol. The SMILES string of the molecule is NCc1ccc(-c2cccc(S(=O)(=O)N3CCC4(CC3)CC(NCC(O)COc3cccc(S(=O)(=O)C5CC5)c3)CO4)c2)cc1. The molecule has 3 aliphatic rings. The molecule has 2 atom stereocenters. The van der Waals surface area contributed by atoms with E-state index >= 15 is 0 Å². The van der Waals surface area contributed by atoms with Crippen LogP contribution in [0, 0.1) is 0 Å². The Morgan fingerprint density at radius 3 is 2.38 bits per heavy atom. The van der Waals surface area contributed by atoms with Crippen LogP contribution in [0.25, 0.3) is 11.1 Å². The third kappa shape index (κ3) is 7.27. The summed E-state index contributed by atoms with van der Waals surface area (Å²) in [6, 6.07) is 21.3. The van der Waals surface area contributed by atoms with Gasteiger partial charge >= 0.3 is 0 Å². The van der Waals surface area contributed by atoms with Crippen molar-refractivity contribution in [2.45, 2.75) is 71.4 Å². The van der Waals surface area contributed by atoms with Gasteiger partial charge in [0.15, 0.2) is 9.84 Å². The Morgan fingerprint density at radius 1 is 0.956 bits per heavy atom. The van der Waals surface area contributed by atoms with E-state index in [1.807, 2.05) is 30.3 Å². The topological polar surface area (TPSA) is 148 Å². The number of aliphatic hydroxyl groups excluding tert-OH is 1. The molecule has 1 aliphatic carbocycles. The molecule has 4 N–H and O–H groups in total. The number of nitrogens with one attached hydrogen (secondary N) is 1. The molecule has 2 unspecified atom stereocenters. The van der Waals surface area contributed by atoms with E-state index in [2.05, 4.69) is 5.32 Å². The molecule has 3 aromatic rings. The fourth-order valence-corrected chi connectivity index (χ4v) is 9.32. The highest BCUT2D eigenvalue weighted by molar-refractivity contribution is 7.92. The summed E-state index contributed by atoms with van der Waals surface area (Å²) in [4.78, 5) is 0.531. The summed E-state index contributed by atoms with van der Waals surface area (Å²) in [7, 11) is -6.98. The van der Waals surface area contributed by atoms with E-state index in [9.17, 15) is 21.9 Å². The van der Waals surface area contributed by atoms with Crippen LogP contribution in [-0.4, -0.2) is 82.1 Å². The number of nitrogens with zero attached hydrogens (tertiary/aromatic N) is 1. The number of benzene rings is 3. The van der Waals surface area contributed by atoms with Gasteiger partial charge in [-0.1, -0.05) is 42.5 Å². The van der Waals surface area contributed by atoms with Crippen molar-refractivity contribution < 1.29 is 31.4 Å². The molecule has 10 nitrogen and oxygen atoms in total. The lowest BCUT2D eigenvalue weighted by Crippen LogP contribution is -2.47. The van der Waals surface area contributed by atoms with Gasteiger partial charge in [-0.15, -0.1) is 0 Å². The Labute approximate surface area is 265 Å². The zero-order valence-corrected chi connectivity index (χ0v) is 26.8. The largest absolute Gasteiger partial charge is 0.491 e. The molecule has 1 saturated carbocycles. The first-order chi connectivity index (χ1) is 21.6. The Kier molecular flexibility index (Phi) is 9.36. The lowest BCUT2D eigenvalue weighted by molar-refractivity contribution is -0.0312. The molecule has 0 aromatic heterocycles. The summed E-state index contributed by atoms with van der Waals surface area (Å²) < 4.78 is 65.6. The second-order valence-corrected chi connectivity index (χ2v) is 16.5. The fraction of sp³-hybridized carbons (Fsp3) is 0.455. The number of piperidine rings is 1. The van der Waals surface area contributed by atoms with Crippen LogP contribution in [0.15, 0.2) is 82.6 Å². The molecule has 3 aromatic carbocycles. The first-order valence-electron chi connectivity index (χ1n) is 15.5. The van der Waals surface area contributed by atoms with Crippen LogP contribution < -0.4 is 15.8 Å². The van der Waals surface area contributed by atoms with Crippen LogP contribution in [0.2, 0.25) is 0 Å². The molecule has 3 fully saturated rings. The van der Waals surface area contributed by atoms with Crippen LogP contribution in [0.1, 0.15) is 37.7 Å². The maximum atomic E-state index is 13.6. The van der Waals surface area contributed by atoms with Crippen LogP contribution in [0.3, 0.4) is 0 Å². The van der Waals surface area contributed by atoms with Crippen molar-refractivity contribution in [1.29, 1.82) is 0 Å². The molecule has 0 bridgehead atoms. The molecule has 45 heavy (non-hydrogen) atoms. The Morgan fingerprint density at radius 2 is 1.67 bits per heavy atom. The predicted molar refractivity (Wildman–Crippen MR) is 171 cm³/mol. The number of aliphatic hydroxyl groups is 1. The van der Waals surface area contributed by atoms with Gasteiger partial charge in [0.05, 0.1) is 27.2 Å². The van der Waals surface area contributed by atoms with Gasteiger partial charge in [0, 0.05) is 32.2 Å². The van der Waals surface area contributed by atoms with Gasteiger partial charge in [0.1, 0.15) is 18.5 Å². The van der Waals surface area contributed by atoms with Crippen LogP contribution in [0.4, 0.5) is 0 Å². The number of rotatable bonds is 12. The summed E-state index contributed by atoms with van der Waals surface area (Å²) >= 11 is 0. The number of sulfonamides is 1. The van der Waals surface area contributed by atoms with E-state index in [0.717, 1.165) is 23.1 Å². The zero-order valence-electron chi connectivity index (χ0n) is 25.2. The zero-order chi connectivity index (χ0) is 31.7. The van der Waals surface area contributed by atoms with Gasteiger partial charge in [-0.2, -0.15) is 4.31 Å². The highest BCUT2D eigenvalue weighted by Crippen LogP contribution is 2.38. The first kappa shape index (κ1) is 32.1. The van der Waals surface area contributed by atoms with Crippen molar-refractivity contribution in [3.05, 3.63) is 78.4 Å². The molecule has 2 heterocycles. The van der Waals surface area contributed by atoms with Gasteiger partial charge in [-0.05, 0) is 79.1 Å². The maximum absolute atomic E-state index is 13.6. The average Bonchev–Trinajstić information content (AvgIpc) is 3.86. The Hall–Kier alpha value is -2.84. The second-order valence-electron chi connectivity index (χ2n) is 12.3. The van der Waals surface area contributed by atoms with Gasteiger partial charge in [0.2, 0.25) is 10.0 Å². The van der Waals surface area contributed by atoms with Crippen molar-refractivity contribution in [3.63, 3.8) is 0 Å². The van der Waals surface area contributed by atoms with E-state index in [4.69, 9.17) is 15.2 Å². The van der Waals surface area contributed by atoms with Gasteiger partial charge in [-0.3, -0.25) is 0 Å². The van der Waals surface area contributed by atoms with E-state index in [1.54, 1.807) is 40.7 Å². The highest BCUT2D eigenvalue weighted by atomic mass is 32.2. The first-order valence-corrected chi connectivity index (χ1v) is 18.5. The lowest BCUT2D eigenvalue weighted by atomic mass is 9.88. The predicted octanol–water partition coefficient (Wildman–Crippen LogP) is 3.09. The molecule has 2 saturated heterocycles. The number of nitrogens with two attached hydrogens (primary N) is 1. The van der Waals surface area contributed by atoms with Crippen molar-refractivity contribution in [1.82, 2.24) is 9.62 Å². The normalized spacial score (nSPS) is 21.2. The van der Waals surface area contributed by atoms with Gasteiger partial charge in [-0.25, -0.2) is 16.8 Å². The highest BCUT2D eigenvalue weighted by Gasteiger charge is 2.45. The fourth-order valence-electron chi connectivity index (χ4n) is 6.14. The third-order valence-corrected chi connectivity index (χ3v) is 13.2. The van der Waals surface area contributed by atoms with E-state index in [1.165, 1.54) is 6.07 Å². The van der Waals surface area contributed by atoms with Crippen LogP contribution >= 0.6 is 0 Å². The summed E-state index contributed by atoms with van der Waals surface area (Å²) in [5.41, 5.74) is 8.10. The Bertz CT molecular complexity index is 1700. The van der Waals surface area contributed by atoms with E-state index < -0.39 is 31.6 Å². The maximum Gasteiger partial charge on any atom is 0.243 e. The third-order valence-electron chi connectivity index (χ3n) is 9.02. The Balaban J connectivity index is 0.975. The van der Waals surface area contributed by atoms with Gasteiger partial charge < -0.3 is 25.6 Å². The molecular formula is C33H41N3O7S2. The summed E-state index contributed by atoms with van der Waals surface area (Å²) in [6.07, 6.45) is 2.51. The molecule has 12 heteroatoms. The molecule has 242 valence electrons. The molecule has 6 rings (SSSR count). The standard InChI is InChI=1S/C33H41N3O7S2/c34-20-24-7-9-25(10-8-24)26-3-1-6-32(17-26)45(40,41)36-15-13-33(14-16-36)19-27(22-43-33)35-21-28(37)23-42-29-4-2-5-31(18-29)44(38,39)30-11-12-30/h1-10,17-18,27-28,30,35,37H,11-16,19-23,34H2. The molecular weight excluding hydrogens is 615 g/mol. The summed E-state index contributed by atoms with van der Waals surface area (Å²) in [6.45, 7) is 1.98. The second kappa shape index (κ2) is 13.1. The van der Waals surface area contributed by atoms with Crippen LogP contribution in [-0.2, 0) is 31.1 Å². The van der Waals surface area contributed by atoms with Crippen molar-refractivity contribution in [2.75, 3.05) is 32.8 Å². The lowest BCUT2D eigenvalue weighted by Gasteiger charge is -2.38. The van der Waals surface area contributed by atoms with Crippen molar-refractivity contribution >= 4 is 19.9 Å². The van der Waals surface area contributed by atoms with E-state index in [-0.39, 0.29) is 34.2 Å². The van der Waals surface area contributed by atoms with Crippen molar-refractivity contribution in [3.8, 4) is 16.9 Å². The number of hydrogen-bond donors (Lipinski definition) is 3. The quantitative estimate of drug-likeness (QED) is 0.268. The average molecular weight is 656 g/mol. The number of ether oxygens (including phenoxy) is 2. The minimum Gasteiger partial charge on any atom is -0.491 e. The number of hydrogen-bond acceptors (Lipinski definition) is 9. The molecule has 0 amide bonds. The molecule has 1 spiro atoms. The van der Waals surface area contributed by atoms with Crippen LogP contribution in [0.5, 0.6) is 5.75 Å². The summed E-state index contributed by atoms with van der Waals surface area (Å²) in [5, 5.41) is 13.6. The number of sulfone groups is 1. The van der Waals surface area contributed by atoms with Gasteiger partial charge in [0.25, 0.3) is 0 Å². The minimum absolute atomic E-state index is 0.0195. The smallest absolute Gasteiger partial charge is 0.243 e. The molecule has 0 radical (unpaired) electrons. The molecule has 2 aliphatic heterocycles. The minimum atomic E-state index is -3.67.